The highest BCUT2D eigenvalue weighted by Crippen LogP contribution is 2.27. The molecule has 0 bridgehead atoms. The zero-order valence-corrected chi connectivity index (χ0v) is 16.2. The second kappa shape index (κ2) is 8.82. The molecule has 7 nitrogen and oxygen atoms in total. The molecule has 1 aliphatic rings. The number of amides is 1. The van der Waals surface area contributed by atoms with Crippen molar-refractivity contribution in [3.8, 4) is 0 Å². The summed E-state index contributed by atoms with van der Waals surface area (Å²) >= 11 is 1.15. The third kappa shape index (κ3) is 4.25. The number of benzene rings is 1. The zero-order chi connectivity index (χ0) is 20.3. The van der Waals surface area contributed by atoms with Crippen LogP contribution in [-0.2, 0) is 16.1 Å². The third-order valence-corrected chi connectivity index (χ3v) is 5.33. The van der Waals surface area contributed by atoms with Gasteiger partial charge in [0, 0.05) is 19.6 Å². The van der Waals surface area contributed by atoms with Crippen LogP contribution in [-0.4, -0.2) is 52.2 Å². The first kappa shape index (κ1) is 20.5. The number of hydrogen-bond donors (Lipinski definition) is 1. The van der Waals surface area contributed by atoms with Crippen molar-refractivity contribution in [3.05, 3.63) is 29.6 Å². The molecule has 1 aliphatic heterocycles. The van der Waals surface area contributed by atoms with E-state index in [9.17, 15) is 18.0 Å². The Morgan fingerprint density at radius 1 is 1.25 bits per heavy atom. The molecule has 3 rings (SSSR count). The number of nitrogens with zero attached hydrogens (tertiary/aromatic N) is 4. The van der Waals surface area contributed by atoms with Crippen LogP contribution in [0.2, 0.25) is 0 Å². The quantitative estimate of drug-likeness (QED) is 0.578. The summed E-state index contributed by atoms with van der Waals surface area (Å²) in [6.45, 7) is 6.78. The summed E-state index contributed by atoms with van der Waals surface area (Å²) in [5, 5.41) is 10.5. The predicted molar refractivity (Wildman–Crippen MR) is 99.0 cm³/mol. The number of anilines is 2. The summed E-state index contributed by atoms with van der Waals surface area (Å²) in [6.07, 6.45) is 0. The van der Waals surface area contributed by atoms with E-state index in [2.05, 4.69) is 20.4 Å². The lowest BCUT2D eigenvalue weighted by atomic mass is 10.2. The maximum atomic E-state index is 13.8. The van der Waals surface area contributed by atoms with E-state index in [1.165, 1.54) is 0 Å². The van der Waals surface area contributed by atoms with E-state index >= 15 is 0 Å². The lowest BCUT2D eigenvalue weighted by Gasteiger charge is -2.27. The zero-order valence-electron chi connectivity index (χ0n) is 15.4. The Bertz CT molecular complexity index is 858. The molecule has 1 N–H and O–H groups in total. The first-order valence-corrected chi connectivity index (χ1v) is 9.67. The number of thioether (sulfide) groups is 1. The summed E-state index contributed by atoms with van der Waals surface area (Å²) in [7, 11) is 0. The molecule has 0 spiro atoms. The van der Waals surface area contributed by atoms with Gasteiger partial charge in [0.25, 0.3) is 0 Å². The Balaban J connectivity index is 1.70. The molecule has 1 amide bonds. The van der Waals surface area contributed by atoms with Crippen LogP contribution in [0.15, 0.2) is 17.3 Å². The highest BCUT2D eigenvalue weighted by atomic mass is 32.2. The second-order valence-corrected chi connectivity index (χ2v) is 7.41. The number of carbonyl (C=O) groups excluding carboxylic acids is 1. The van der Waals surface area contributed by atoms with Gasteiger partial charge in [0.2, 0.25) is 11.9 Å². The number of rotatable bonds is 6. The fourth-order valence-corrected chi connectivity index (χ4v) is 3.62. The second-order valence-electron chi connectivity index (χ2n) is 6.10. The van der Waals surface area contributed by atoms with Crippen molar-refractivity contribution in [1.29, 1.82) is 0 Å². The van der Waals surface area contributed by atoms with Gasteiger partial charge in [-0.1, -0.05) is 11.8 Å². The summed E-state index contributed by atoms with van der Waals surface area (Å²) < 4.78 is 47.3. The number of nitrogens with one attached hydrogen (secondary N) is 1. The van der Waals surface area contributed by atoms with Gasteiger partial charge < -0.3 is 15.0 Å². The molecule has 1 fully saturated rings. The van der Waals surface area contributed by atoms with E-state index in [0.29, 0.717) is 44.0 Å². The lowest BCUT2D eigenvalue weighted by Crippen LogP contribution is -2.38. The van der Waals surface area contributed by atoms with Gasteiger partial charge >= 0.3 is 0 Å². The highest BCUT2D eigenvalue weighted by molar-refractivity contribution is 8.00. The molecule has 1 atom stereocenters. The van der Waals surface area contributed by atoms with Gasteiger partial charge in [0.15, 0.2) is 22.6 Å². The summed E-state index contributed by atoms with van der Waals surface area (Å²) in [5.74, 6) is -4.23. The van der Waals surface area contributed by atoms with Crippen molar-refractivity contribution >= 4 is 29.3 Å². The maximum Gasteiger partial charge on any atom is 0.237 e. The smallest absolute Gasteiger partial charge is 0.237 e. The van der Waals surface area contributed by atoms with Gasteiger partial charge in [-0.15, -0.1) is 10.2 Å². The van der Waals surface area contributed by atoms with Crippen molar-refractivity contribution < 1.29 is 22.7 Å². The number of morpholine rings is 1. The monoisotopic (exact) mass is 415 g/mol. The fourth-order valence-electron chi connectivity index (χ4n) is 2.71. The average Bonchev–Trinajstić information content (AvgIpc) is 3.11. The van der Waals surface area contributed by atoms with Gasteiger partial charge in [0.05, 0.1) is 24.2 Å². The van der Waals surface area contributed by atoms with Gasteiger partial charge in [-0.05, 0) is 26.0 Å². The van der Waals surface area contributed by atoms with Crippen LogP contribution in [0.5, 0.6) is 0 Å². The Labute approximate surface area is 164 Å². The van der Waals surface area contributed by atoms with Crippen molar-refractivity contribution in [2.75, 3.05) is 36.5 Å². The Morgan fingerprint density at radius 2 is 1.96 bits per heavy atom. The standard InChI is InChI=1S/C17H20F3N5O2S/c1-3-25-16(24-6-8-27-9-7-24)22-23-17(25)28-10(2)15(26)21-12-5-4-11(18)13(19)14(12)20/h4-5,10H,3,6-9H2,1-2H3,(H,21,26)/t10-/m1/s1. The van der Waals surface area contributed by atoms with E-state index in [1.807, 2.05) is 11.5 Å². The molecule has 1 saturated heterocycles. The minimum absolute atomic E-state index is 0.415. The topological polar surface area (TPSA) is 72.3 Å². The first-order chi connectivity index (χ1) is 13.4. The van der Waals surface area contributed by atoms with Gasteiger partial charge in [0.1, 0.15) is 0 Å². The van der Waals surface area contributed by atoms with Crippen LogP contribution in [0.3, 0.4) is 0 Å². The average molecular weight is 415 g/mol. The molecular weight excluding hydrogens is 395 g/mol. The van der Waals surface area contributed by atoms with Crippen molar-refractivity contribution in [2.24, 2.45) is 0 Å². The molecular formula is C17H20F3N5O2S. The van der Waals surface area contributed by atoms with E-state index in [0.717, 1.165) is 23.9 Å². The number of aromatic nitrogens is 3. The molecule has 2 aromatic rings. The fraction of sp³-hybridized carbons (Fsp3) is 0.471. The lowest BCUT2D eigenvalue weighted by molar-refractivity contribution is -0.115. The molecule has 28 heavy (non-hydrogen) atoms. The first-order valence-electron chi connectivity index (χ1n) is 8.79. The summed E-state index contributed by atoms with van der Waals surface area (Å²) in [6, 6.07) is 1.74. The van der Waals surface area contributed by atoms with Crippen molar-refractivity contribution in [2.45, 2.75) is 30.8 Å². The molecule has 2 heterocycles. The van der Waals surface area contributed by atoms with Gasteiger partial charge in [-0.3, -0.25) is 9.36 Å². The van der Waals surface area contributed by atoms with Gasteiger partial charge in [-0.25, -0.2) is 13.2 Å². The van der Waals surface area contributed by atoms with Crippen molar-refractivity contribution in [3.63, 3.8) is 0 Å². The van der Waals surface area contributed by atoms with E-state index < -0.39 is 34.3 Å². The van der Waals surface area contributed by atoms with Crippen LogP contribution in [0.1, 0.15) is 13.8 Å². The molecule has 11 heteroatoms. The van der Waals surface area contributed by atoms with Crippen LogP contribution in [0.4, 0.5) is 24.8 Å². The van der Waals surface area contributed by atoms with E-state index in [1.54, 1.807) is 6.92 Å². The largest absolute Gasteiger partial charge is 0.378 e. The Kier molecular flexibility index (Phi) is 6.45. The van der Waals surface area contributed by atoms with E-state index in [-0.39, 0.29) is 0 Å². The molecule has 1 aromatic heterocycles. The number of hydrogen-bond acceptors (Lipinski definition) is 6. The molecule has 0 radical (unpaired) electrons. The van der Waals surface area contributed by atoms with Crippen LogP contribution in [0, 0.1) is 17.5 Å². The SMILES string of the molecule is CCn1c(S[C@H](C)C(=O)Nc2ccc(F)c(F)c2F)nnc1N1CCOCC1. The molecule has 0 aliphatic carbocycles. The predicted octanol–water partition coefficient (Wildman–Crippen LogP) is 2.67. The summed E-state index contributed by atoms with van der Waals surface area (Å²) in [5.41, 5.74) is -0.415. The van der Waals surface area contributed by atoms with Crippen LogP contribution >= 0.6 is 11.8 Å². The van der Waals surface area contributed by atoms with Crippen molar-refractivity contribution in [1.82, 2.24) is 14.8 Å². The third-order valence-electron chi connectivity index (χ3n) is 4.25. The van der Waals surface area contributed by atoms with E-state index in [4.69, 9.17) is 4.74 Å². The number of carbonyl (C=O) groups is 1. The highest BCUT2D eigenvalue weighted by Gasteiger charge is 2.24. The van der Waals surface area contributed by atoms with Crippen LogP contribution in [0.25, 0.3) is 0 Å². The number of ether oxygens (including phenoxy) is 1. The molecule has 1 aromatic carbocycles. The van der Waals surface area contributed by atoms with Gasteiger partial charge in [-0.2, -0.15) is 0 Å². The van der Waals surface area contributed by atoms with Crippen LogP contribution < -0.4 is 10.2 Å². The molecule has 152 valence electrons. The maximum absolute atomic E-state index is 13.8. The Morgan fingerprint density at radius 3 is 2.64 bits per heavy atom. The number of halogens is 3. The Hall–Kier alpha value is -2.27. The molecule has 0 unspecified atom stereocenters. The summed E-state index contributed by atoms with van der Waals surface area (Å²) in [4.78, 5) is 14.4. The minimum atomic E-state index is -1.63. The minimum Gasteiger partial charge on any atom is -0.378 e. The molecule has 0 saturated carbocycles. The normalized spacial score (nSPS) is 15.5.